The van der Waals surface area contributed by atoms with E-state index in [0.29, 0.717) is 12.5 Å². The second-order valence-corrected chi connectivity index (χ2v) is 5.11. The number of fused-ring (bicyclic) bond motifs is 1. The van der Waals surface area contributed by atoms with E-state index >= 15 is 0 Å². The molecule has 2 N–H and O–H groups in total. The van der Waals surface area contributed by atoms with Gasteiger partial charge in [-0.25, -0.2) is 9.97 Å². The van der Waals surface area contributed by atoms with E-state index in [1.54, 1.807) is 17.7 Å². The zero-order valence-electron chi connectivity index (χ0n) is 10.3. The van der Waals surface area contributed by atoms with Crippen LogP contribution in [0.5, 0.6) is 0 Å². The van der Waals surface area contributed by atoms with Gasteiger partial charge >= 0.3 is 0 Å². The normalized spacial score (nSPS) is 12.9. The summed E-state index contributed by atoms with van der Waals surface area (Å²) in [6, 6.07) is 2.09. The minimum atomic E-state index is 0.471. The van der Waals surface area contributed by atoms with Gasteiger partial charge in [-0.05, 0) is 30.8 Å². The van der Waals surface area contributed by atoms with E-state index < -0.39 is 0 Å². The average Bonchev–Trinajstić information content (AvgIpc) is 2.83. The molecule has 0 aliphatic heterocycles. The second-order valence-electron chi connectivity index (χ2n) is 4.22. The summed E-state index contributed by atoms with van der Waals surface area (Å²) in [7, 11) is 0. The highest BCUT2D eigenvalue weighted by Gasteiger charge is 2.13. The summed E-state index contributed by atoms with van der Waals surface area (Å²) in [5.74, 6) is 1.50. The summed E-state index contributed by atoms with van der Waals surface area (Å²) in [6.07, 6.45) is 1.64. The van der Waals surface area contributed by atoms with Crippen molar-refractivity contribution in [3.05, 3.63) is 17.8 Å². The zero-order valence-corrected chi connectivity index (χ0v) is 11.1. The van der Waals surface area contributed by atoms with Crippen molar-refractivity contribution in [1.29, 1.82) is 0 Å². The first-order valence-corrected chi connectivity index (χ1v) is 6.77. The SMILES string of the molecule is CCN(CC(C)CN)c1ncnc2sccc12. The van der Waals surface area contributed by atoms with Crippen molar-refractivity contribution >= 4 is 27.4 Å². The lowest BCUT2D eigenvalue weighted by Crippen LogP contribution is -2.32. The Bertz CT molecular complexity index is 482. The van der Waals surface area contributed by atoms with Gasteiger partial charge in [-0.1, -0.05) is 6.92 Å². The number of thiophene rings is 1. The van der Waals surface area contributed by atoms with Gasteiger partial charge in [0, 0.05) is 13.1 Å². The van der Waals surface area contributed by atoms with E-state index in [1.807, 2.05) is 0 Å². The molecule has 92 valence electrons. The molecule has 0 aliphatic carbocycles. The minimum Gasteiger partial charge on any atom is -0.356 e. The van der Waals surface area contributed by atoms with Gasteiger partial charge in [0.1, 0.15) is 17.0 Å². The maximum Gasteiger partial charge on any atom is 0.140 e. The van der Waals surface area contributed by atoms with E-state index in [4.69, 9.17) is 5.73 Å². The van der Waals surface area contributed by atoms with Crippen molar-refractivity contribution in [3.8, 4) is 0 Å². The molecule has 0 amide bonds. The topological polar surface area (TPSA) is 55.0 Å². The first kappa shape index (κ1) is 12.3. The third kappa shape index (κ3) is 2.56. The van der Waals surface area contributed by atoms with Gasteiger partial charge in [0.05, 0.1) is 5.39 Å². The molecule has 0 radical (unpaired) electrons. The molecule has 17 heavy (non-hydrogen) atoms. The third-order valence-electron chi connectivity index (χ3n) is 2.86. The van der Waals surface area contributed by atoms with Crippen LogP contribution in [0.1, 0.15) is 13.8 Å². The molecule has 2 aromatic heterocycles. The first-order valence-electron chi connectivity index (χ1n) is 5.89. The van der Waals surface area contributed by atoms with Gasteiger partial charge in [-0.15, -0.1) is 11.3 Å². The summed E-state index contributed by atoms with van der Waals surface area (Å²) in [4.78, 5) is 12.0. The van der Waals surface area contributed by atoms with Crippen molar-refractivity contribution in [2.75, 3.05) is 24.5 Å². The number of rotatable bonds is 5. The monoisotopic (exact) mass is 250 g/mol. The third-order valence-corrected chi connectivity index (χ3v) is 3.68. The largest absolute Gasteiger partial charge is 0.356 e. The van der Waals surface area contributed by atoms with Crippen LogP contribution < -0.4 is 10.6 Å². The van der Waals surface area contributed by atoms with E-state index in [-0.39, 0.29) is 0 Å². The van der Waals surface area contributed by atoms with Gasteiger partial charge in [-0.2, -0.15) is 0 Å². The van der Waals surface area contributed by atoms with Crippen molar-refractivity contribution < 1.29 is 0 Å². The Morgan fingerprint density at radius 2 is 2.29 bits per heavy atom. The van der Waals surface area contributed by atoms with Crippen LogP contribution >= 0.6 is 11.3 Å². The molecule has 1 unspecified atom stereocenters. The number of hydrogen-bond donors (Lipinski definition) is 1. The summed E-state index contributed by atoms with van der Waals surface area (Å²) in [5, 5.41) is 3.20. The van der Waals surface area contributed by atoms with Crippen LogP contribution in [0.25, 0.3) is 10.2 Å². The molecule has 0 bridgehead atoms. The van der Waals surface area contributed by atoms with E-state index in [0.717, 1.165) is 29.1 Å². The summed E-state index contributed by atoms with van der Waals surface area (Å²) in [6.45, 7) is 6.88. The minimum absolute atomic E-state index is 0.471. The van der Waals surface area contributed by atoms with Gasteiger partial charge in [0.25, 0.3) is 0 Å². The molecular weight excluding hydrogens is 232 g/mol. The van der Waals surface area contributed by atoms with Gasteiger partial charge in [0.2, 0.25) is 0 Å². The van der Waals surface area contributed by atoms with Crippen LogP contribution in [0, 0.1) is 5.92 Å². The van der Waals surface area contributed by atoms with Crippen LogP contribution in [0.15, 0.2) is 17.8 Å². The molecule has 4 nitrogen and oxygen atoms in total. The van der Waals surface area contributed by atoms with Crippen molar-refractivity contribution in [1.82, 2.24) is 9.97 Å². The van der Waals surface area contributed by atoms with Gasteiger partial charge in [-0.3, -0.25) is 0 Å². The fraction of sp³-hybridized carbons (Fsp3) is 0.500. The highest BCUT2D eigenvalue weighted by molar-refractivity contribution is 7.16. The smallest absolute Gasteiger partial charge is 0.140 e. The lowest BCUT2D eigenvalue weighted by molar-refractivity contribution is 0.574. The van der Waals surface area contributed by atoms with Crippen LogP contribution in [0.4, 0.5) is 5.82 Å². The average molecular weight is 250 g/mol. The van der Waals surface area contributed by atoms with E-state index in [2.05, 4.69) is 40.2 Å². The molecule has 2 heterocycles. The Morgan fingerprint density at radius 3 is 3.00 bits per heavy atom. The molecule has 1 atom stereocenters. The van der Waals surface area contributed by atoms with E-state index in [9.17, 15) is 0 Å². The second kappa shape index (κ2) is 5.42. The molecule has 0 saturated heterocycles. The number of hydrogen-bond acceptors (Lipinski definition) is 5. The van der Waals surface area contributed by atoms with Crippen LogP contribution in [-0.4, -0.2) is 29.6 Å². The van der Waals surface area contributed by atoms with Crippen LogP contribution in [-0.2, 0) is 0 Å². The molecule has 0 fully saturated rings. The molecule has 2 aromatic rings. The molecule has 0 spiro atoms. The Morgan fingerprint density at radius 1 is 1.47 bits per heavy atom. The van der Waals surface area contributed by atoms with Gasteiger partial charge in [0.15, 0.2) is 0 Å². The van der Waals surface area contributed by atoms with E-state index in [1.165, 1.54) is 0 Å². The fourth-order valence-corrected chi connectivity index (χ4v) is 2.57. The standard InChI is InChI=1S/C12H18N4S/c1-3-16(7-9(2)6-13)11-10-4-5-17-12(10)15-8-14-11/h4-5,8-9H,3,6-7,13H2,1-2H3. The molecular formula is C12H18N4S. The first-order chi connectivity index (χ1) is 8.26. The lowest BCUT2D eigenvalue weighted by Gasteiger charge is -2.25. The maximum atomic E-state index is 5.69. The highest BCUT2D eigenvalue weighted by Crippen LogP contribution is 2.26. The van der Waals surface area contributed by atoms with Crippen LogP contribution in [0.3, 0.4) is 0 Å². The Labute approximate surface area is 105 Å². The Hall–Kier alpha value is -1.20. The maximum absolute atomic E-state index is 5.69. The number of anilines is 1. The van der Waals surface area contributed by atoms with Gasteiger partial charge < -0.3 is 10.6 Å². The number of nitrogens with two attached hydrogens (primary N) is 1. The molecule has 0 aromatic carbocycles. The fourth-order valence-electron chi connectivity index (χ4n) is 1.85. The molecule has 2 rings (SSSR count). The summed E-state index contributed by atoms with van der Waals surface area (Å²) in [5.41, 5.74) is 5.69. The molecule has 0 aliphatic rings. The van der Waals surface area contributed by atoms with Crippen molar-refractivity contribution in [3.63, 3.8) is 0 Å². The Kier molecular flexibility index (Phi) is 3.91. The number of nitrogens with zero attached hydrogens (tertiary/aromatic N) is 3. The van der Waals surface area contributed by atoms with Crippen LogP contribution in [0.2, 0.25) is 0 Å². The van der Waals surface area contributed by atoms with Crippen molar-refractivity contribution in [2.24, 2.45) is 11.7 Å². The number of aromatic nitrogens is 2. The predicted octanol–water partition coefficient (Wildman–Crippen LogP) is 2.11. The highest BCUT2D eigenvalue weighted by atomic mass is 32.1. The Balaban J connectivity index is 2.32. The lowest BCUT2D eigenvalue weighted by atomic mass is 10.1. The molecule has 5 heteroatoms. The quantitative estimate of drug-likeness (QED) is 0.883. The predicted molar refractivity (Wildman–Crippen MR) is 73.5 cm³/mol. The summed E-state index contributed by atoms with van der Waals surface area (Å²) >= 11 is 1.65. The molecule has 0 saturated carbocycles. The van der Waals surface area contributed by atoms with Crippen molar-refractivity contribution in [2.45, 2.75) is 13.8 Å². The summed E-state index contributed by atoms with van der Waals surface area (Å²) < 4.78 is 0. The zero-order chi connectivity index (χ0) is 12.3.